The van der Waals surface area contributed by atoms with Crippen LogP contribution < -0.4 is 21.0 Å². The second-order valence-electron chi connectivity index (χ2n) is 10.6. The minimum Gasteiger partial charge on any atom is -0.350 e. The van der Waals surface area contributed by atoms with Crippen molar-refractivity contribution in [2.24, 2.45) is 11.8 Å². The second kappa shape index (κ2) is 8.28. The lowest BCUT2D eigenvalue weighted by atomic mass is 10.0. The first-order chi connectivity index (χ1) is 17.6. The summed E-state index contributed by atoms with van der Waals surface area (Å²) in [5.74, 6) is 1.50. The quantitative estimate of drug-likeness (QED) is 0.398. The van der Waals surface area contributed by atoms with Crippen molar-refractivity contribution in [2.45, 2.75) is 18.9 Å². The summed E-state index contributed by atoms with van der Waals surface area (Å²) in [6, 6.07) is 8.05. The minimum atomic E-state index is -0.375. The van der Waals surface area contributed by atoms with Gasteiger partial charge in [0.25, 0.3) is 5.91 Å². The summed E-state index contributed by atoms with van der Waals surface area (Å²) < 4.78 is 1.91. The lowest BCUT2D eigenvalue weighted by Crippen LogP contribution is -2.39. The molecule has 0 saturated carbocycles. The molecule has 3 aliphatic heterocycles. The van der Waals surface area contributed by atoms with Gasteiger partial charge in [-0.2, -0.15) is 4.98 Å². The maximum Gasteiger partial charge on any atom is 0.259 e. The first-order valence-corrected chi connectivity index (χ1v) is 12.8. The number of likely N-dealkylation sites (tertiary alicyclic amines) is 1. The number of benzene rings is 1. The Morgan fingerprint density at radius 1 is 1.17 bits per heavy atom. The van der Waals surface area contributed by atoms with E-state index in [1.165, 1.54) is 0 Å². The van der Waals surface area contributed by atoms with E-state index < -0.39 is 0 Å². The molecule has 7 rings (SSSR count). The molecule has 10 heteroatoms. The molecule has 1 aromatic carbocycles. The Morgan fingerprint density at radius 2 is 1.97 bits per heavy atom. The lowest BCUT2D eigenvalue weighted by molar-refractivity contribution is 0.0950. The van der Waals surface area contributed by atoms with E-state index >= 15 is 0 Å². The predicted octanol–water partition coefficient (Wildman–Crippen LogP) is 1.20. The number of rotatable bonds is 4. The van der Waals surface area contributed by atoms with Crippen LogP contribution >= 0.6 is 0 Å². The third-order valence-corrected chi connectivity index (χ3v) is 8.15. The van der Waals surface area contributed by atoms with E-state index in [4.69, 9.17) is 4.98 Å². The van der Waals surface area contributed by atoms with E-state index in [-0.39, 0.29) is 22.9 Å². The second-order valence-corrected chi connectivity index (χ2v) is 10.6. The third-order valence-electron chi connectivity index (χ3n) is 8.15. The summed E-state index contributed by atoms with van der Waals surface area (Å²) in [4.78, 5) is 44.5. The van der Waals surface area contributed by atoms with Crippen LogP contribution in [0, 0.1) is 11.8 Å². The molecule has 3 saturated heterocycles. The van der Waals surface area contributed by atoms with Crippen LogP contribution in [0.4, 0.5) is 5.95 Å². The van der Waals surface area contributed by atoms with Crippen LogP contribution in [0.1, 0.15) is 23.2 Å². The smallest absolute Gasteiger partial charge is 0.259 e. The fourth-order valence-corrected chi connectivity index (χ4v) is 6.40. The van der Waals surface area contributed by atoms with Gasteiger partial charge in [0.2, 0.25) is 11.4 Å². The van der Waals surface area contributed by atoms with Gasteiger partial charge in [-0.25, -0.2) is 4.98 Å². The van der Waals surface area contributed by atoms with Crippen LogP contribution in [-0.2, 0) is 0 Å². The fourth-order valence-electron chi connectivity index (χ4n) is 6.40. The molecular weight excluding hydrogens is 456 g/mol. The number of amides is 1. The Labute approximate surface area is 207 Å². The van der Waals surface area contributed by atoms with Crippen molar-refractivity contribution in [3.63, 3.8) is 0 Å². The van der Waals surface area contributed by atoms with Gasteiger partial charge in [0, 0.05) is 45.0 Å². The fraction of sp³-hybridized carbons (Fsp3) is 0.462. The first kappa shape index (κ1) is 21.8. The Morgan fingerprint density at radius 3 is 2.75 bits per heavy atom. The average molecular weight is 487 g/mol. The van der Waals surface area contributed by atoms with Crippen LogP contribution in [-0.4, -0.2) is 82.5 Å². The van der Waals surface area contributed by atoms with E-state index in [0.717, 1.165) is 56.6 Å². The molecule has 3 atom stereocenters. The standard InChI is InChI=1S/C26H30N8O2/c1-32-11-15-13-33(14-16(15)12-32)26-29-10-18-22(35)21(25(36)28-9-17-5-4-8-27-17)24-30-19-6-2-3-7-20(19)34(24)23(18)31-26/h2-3,6-7,10,15-17,27,30H,4-5,8-9,11-14H2,1H3,(H,28,36). The zero-order valence-corrected chi connectivity index (χ0v) is 20.3. The molecule has 6 heterocycles. The van der Waals surface area contributed by atoms with Gasteiger partial charge in [-0.15, -0.1) is 0 Å². The van der Waals surface area contributed by atoms with Crippen LogP contribution in [0.5, 0.6) is 0 Å². The molecule has 1 amide bonds. The number of pyridine rings is 1. The van der Waals surface area contributed by atoms with Crippen molar-refractivity contribution < 1.29 is 4.79 Å². The summed E-state index contributed by atoms with van der Waals surface area (Å²) in [5, 5.41) is 6.71. The van der Waals surface area contributed by atoms with Crippen LogP contribution in [0.3, 0.4) is 0 Å². The molecule has 3 aromatic heterocycles. The van der Waals surface area contributed by atoms with Gasteiger partial charge in [0.1, 0.15) is 11.2 Å². The van der Waals surface area contributed by atoms with Crippen molar-refractivity contribution in [2.75, 3.05) is 51.2 Å². The molecule has 0 bridgehead atoms. The van der Waals surface area contributed by atoms with E-state index in [1.54, 1.807) is 6.20 Å². The van der Waals surface area contributed by atoms with Crippen molar-refractivity contribution in [3.8, 4) is 0 Å². The molecule has 186 valence electrons. The molecule has 0 spiro atoms. The highest BCUT2D eigenvalue weighted by Crippen LogP contribution is 2.32. The maximum atomic E-state index is 13.7. The average Bonchev–Trinajstić information content (AvgIpc) is 3.65. The van der Waals surface area contributed by atoms with E-state index in [9.17, 15) is 9.59 Å². The number of nitrogens with zero attached hydrogens (tertiary/aromatic N) is 5. The first-order valence-electron chi connectivity index (χ1n) is 12.8. The largest absolute Gasteiger partial charge is 0.350 e. The summed E-state index contributed by atoms with van der Waals surface area (Å²) in [6.07, 6.45) is 3.72. The summed E-state index contributed by atoms with van der Waals surface area (Å²) in [7, 11) is 2.17. The molecule has 0 radical (unpaired) electrons. The van der Waals surface area contributed by atoms with Gasteiger partial charge in [-0.3, -0.25) is 14.0 Å². The van der Waals surface area contributed by atoms with Crippen molar-refractivity contribution in [1.82, 2.24) is 34.9 Å². The number of para-hydroxylation sites is 2. The number of nitrogens with one attached hydrogen (secondary N) is 3. The monoisotopic (exact) mass is 486 g/mol. The molecule has 10 nitrogen and oxygen atoms in total. The Hall–Kier alpha value is -3.50. The number of imidazole rings is 1. The van der Waals surface area contributed by atoms with Crippen molar-refractivity contribution in [1.29, 1.82) is 0 Å². The highest BCUT2D eigenvalue weighted by Gasteiger charge is 2.39. The van der Waals surface area contributed by atoms with Gasteiger partial charge in [-0.1, -0.05) is 12.1 Å². The van der Waals surface area contributed by atoms with E-state index in [1.807, 2.05) is 28.7 Å². The van der Waals surface area contributed by atoms with Gasteiger partial charge in [-0.05, 0) is 50.4 Å². The molecular formula is C26H30N8O2. The van der Waals surface area contributed by atoms with E-state index in [0.29, 0.717) is 41.0 Å². The van der Waals surface area contributed by atoms with Gasteiger partial charge >= 0.3 is 0 Å². The Balaban J connectivity index is 1.35. The molecule has 3 N–H and O–H groups in total. The lowest BCUT2D eigenvalue weighted by Gasteiger charge is -2.19. The Bertz CT molecular complexity index is 1540. The number of anilines is 1. The van der Waals surface area contributed by atoms with Crippen LogP contribution in [0.25, 0.3) is 27.7 Å². The highest BCUT2D eigenvalue weighted by atomic mass is 16.2. The van der Waals surface area contributed by atoms with Crippen LogP contribution in [0.15, 0.2) is 35.3 Å². The summed E-state index contributed by atoms with van der Waals surface area (Å²) in [5.41, 5.74) is 2.46. The molecule has 0 aliphatic carbocycles. The topological polar surface area (TPSA) is 111 Å². The van der Waals surface area contributed by atoms with Crippen molar-refractivity contribution >= 4 is 39.6 Å². The number of hydrogen-bond donors (Lipinski definition) is 3. The highest BCUT2D eigenvalue weighted by molar-refractivity contribution is 6.05. The van der Waals surface area contributed by atoms with Gasteiger partial charge in [0.05, 0.1) is 16.4 Å². The normalized spacial score (nSPS) is 24.4. The molecule has 36 heavy (non-hydrogen) atoms. The number of aromatic amines is 1. The third kappa shape index (κ3) is 3.39. The predicted molar refractivity (Wildman–Crippen MR) is 139 cm³/mol. The number of fused-ring (bicyclic) bond motifs is 6. The minimum absolute atomic E-state index is 0.104. The summed E-state index contributed by atoms with van der Waals surface area (Å²) >= 11 is 0. The Kier molecular flexibility index (Phi) is 5.00. The molecule has 3 fully saturated rings. The maximum absolute atomic E-state index is 13.7. The SMILES string of the molecule is CN1CC2CN(c3ncc4c(=O)c(C(=O)NCC5CCCN5)c5[nH]c6ccccc6n5c4n3)CC2C1. The number of carbonyl (C=O) groups excluding carboxylic acids is 1. The molecule has 3 unspecified atom stereocenters. The van der Waals surface area contributed by atoms with Gasteiger partial charge < -0.3 is 25.4 Å². The summed E-state index contributed by atoms with van der Waals surface area (Å²) in [6.45, 7) is 5.47. The van der Waals surface area contributed by atoms with Crippen molar-refractivity contribution in [3.05, 3.63) is 46.2 Å². The van der Waals surface area contributed by atoms with Gasteiger partial charge in [0.15, 0.2) is 5.65 Å². The zero-order chi connectivity index (χ0) is 24.4. The zero-order valence-electron chi connectivity index (χ0n) is 20.3. The molecule has 3 aliphatic rings. The number of H-pyrrole nitrogens is 1. The number of carbonyl (C=O) groups is 1. The van der Waals surface area contributed by atoms with Crippen LogP contribution in [0.2, 0.25) is 0 Å². The number of hydrogen-bond acceptors (Lipinski definition) is 7. The van der Waals surface area contributed by atoms with E-state index in [2.05, 4.69) is 37.4 Å². The number of aromatic nitrogens is 4. The molecule has 4 aromatic rings.